The van der Waals surface area contributed by atoms with Gasteiger partial charge in [0.1, 0.15) is 0 Å². The number of likely N-dealkylation sites (tertiary alicyclic amines) is 1. The van der Waals surface area contributed by atoms with E-state index in [4.69, 9.17) is 0 Å². The summed E-state index contributed by atoms with van der Waals surface area (Å²) in [6.07, 6.45) is 7.16. The van der Waals surface area contributed by atoms with Crippen LogP contribution in [0.15, 0.2) is 0 Å². The molecule has 2 rings (SSSR count). The topological polar surface area (TPSA) is 15.3 Å². The van der Waals surface area contributed by atoms with Gasteiger partial charge in [0.25, 0.3) is 0 Å². The van der Waals surface area contributed by atoms with E-state index >= 15 is 0 Å². The summed E-state index contributed by atoms with van der Waals surface area (Å²) in [5, 5.41) is 3.86. The Morgan fingerprint density at radius 2 is 1.75 bits per heavy atom. The van der Waals surface area contributed by atoms with Gasteiger partial charge in [-0.05, 0) is 36.5 Å². The van der Waals surface area contributed by atoms with E-state index in [-0.39, 0.29) is 0 Å². The Kier molecular flexibility index (Phi) is 5.53. The molecule has 0 spiro atoms. The molecule has 1 aliphatic heterocycles. The minimum absolute atomic E-state index is 0.392. The first-order valence-corrected chi connectivity index (χ1v) is 8.82. The number of nitrogens with zero attached hydrogens (tertiary/aromatic N) is 1. The number of piperidine rings is 1. The Hall–Kier alpha value is -0.0800. The van der Waals surface area contributed by atoms with Gasteiger partial charge in [-0.2, -0.15) is 0 Å². The summed E-state index contributed by atoms with van der Waals surface area (Å²) in [5.41, 5.74) is 0.392. The van der Waals surface area contributed by atoms with Gasteiger partial charge in [-0.1, -0.05) is 47.5 Å². The number of hydrogen-bond donors (Lipinski definition) is 1. The Bertz CT molecular complexity index is 286. The molecule has 0 aromatic heterocycles. The first-order chi connectivity index (χ1) is 9.35. The molecular formula is C18H36N2. The van der Waals surface area contributed by atoms with Gasteiger partial charge in [0.2, 0.25) is 0 Å². The zero-order valence-corrected chi connectivity index (χ0v) is 14.4. The Morgan fingerprint density at radius 3 is 2.30 bits per heavy atom. The maximum atomic E-state index is 3.86. The SMILES string of the molecule is CC(C)C1CC(NCC(C)(C)C)CN(C2CCCC2)C1. The molecule has 1 N–H and O–H groups in total. The predicted octanol–water partition coefficient (Wildman–Crippen LogP) is 3.91. The third kappa shape index (κ3) is 4.73. The highest BCUT2D eigenvalue weighted by Crippen LogP contribution is 2.31. The van der Waals surface area contributed by atoms with Crippen molar-refractivity contribution in [3.05, 3.63) is 0 Å². The van der Waals surface area contributed by atoms with Crippen LogP contribution in [-0.4, -0.2) is 36.6 Å². The van der Waals surface area contributed by atoms with Crippen molar-refractivity contribution in [1.29, 1.82) is 0 Å². The molecule has 1 saturated heterocycles. The molecule has 0 aromatic carbocycles. The van der Waals surface area contributed by atoms with Crippen molar-refractivity contribution in [3.63, 3.8) is 0 Å². The summed E-state index contributed by atoms with van der Waals surface area (Å²) in [6, 6.07) is 1.59. The Labute approximate surface area is 126 Å². The molecule has 2 nitrogen and oxygen atoms in total. The highest BCUT2D eigenvalue weighted by molar-refractivity contribution is 4.90. The average molecular weight is 280 g/mol. The first-order valence-electron chi connectivity index (χ1n) is 8.82. The van der Waals surface area contributed by atoms with E-state index in [1.807, 2.05) is 0 Å². The minimum atomic E-state index is 0.392. The van der Waals surface area contributed by atoms with Crippen molar-refractivity contribution in [3.8, 4) is 0 Å². The number of nitrogens with one attached hydrogen (secondary N) is 1. The second-order valence-electron chi connectivity index (χ2n) is 8.77. The Morgan fingerprint density at radius 1 is 1.10 bits per heavy atom. The molecule has 2 heteroatoms. The van der Waals surface area contributed by atoms with Crippen LogP contribution in [0.3, 0.4) is 0 Å². The highest BCUT2D eigenvalue weighted by Gasteiger charge is 2.33. The van der Waals surface area contributed by atoms with Crippen molar-refractivity contribution in [1.82, 2.24) is 10.2 Å². The summed E-state index contributed by atoms with van der Waals surface area (Å²) in [5.74, 6) is 1.69. The van der Waals surface area contributed by atoms with Crippen molar-refractivity contribution >= 4 is 0 Å². The van der Waals surface area contributed by atoms with Gasteiger partial charge in [-0.25, -0.2) is 0 Å². The van der Waals surface area contributed by atoms with Gasteiger partial charge in [-0.15, -0.1) is 0 Å². The zero-order chi connectivity index (χ0) is 14.8. The van der Waals surface area contributed by atoms with Crippen molar-refractivity contribution < 1.29 is 0 Å². The molecule has 1 saturated carbocycles. The molecule has 2 aliphatic rings. The lowest BCUT2D eigenvalue weighted by atomic mass is 9.84. The van der Waals surface area contributed by atoms with E-state index in [0.717, 1.165) is 24.4 Å². The fraction of sp³-hybridized carbons (Fsp3) is 1.00. The van der Waals surface area contributed by atoms with Crippen LogP contribution >= 0.6 is 0 Å². The lowest BCUT2D eigenvalue weighted by Crippen LogP contribution is -2.54. The summed E-state index contributed by atoms with van der Waals surface area (Å²) < 4.78 is 0. The number of rotatable bonds is 4. The molecule has 0 bridgehead atoms. The summed E-state index contributed by atoms with van der Waals surface area (Å²) in [6.45, 7) is 15.6. The van der Waals surface area contributed by atoms with Crippen molar-refractivity contribution in [2.24, 2.45) is 17.3 Å². The van der Waals surface area contributed by atoms with E-state index in [2.05, 4.69) is 44.8 Å². The van der Waals surface area contributed by atoms with Crippen LogP contribution in [0.2, 0.25) is 0 Å². The quantitative estimate of drug-likeness (QED) is 0.840. The molecule has 118 valence electrons. The first kappa shape index (κ1) is 16.3. The van der Waals surface area contributed by atoms with Gasteiger partial charge >= 0.3 is 0 Å². The molecule has 1 aliphatic carbocycles. The van der Waals surface area contributed by atoms with Crippen LogP contribution in [0, 0.1) is 17.3 Å². The lowest BCUT2D eigenvalue weighted by molar-refractivity contribution is 0.0770. The molecule has 0 radical (unpaired) electrons. The van der Waals surface area contributed by atoms with Crippen LogP contribution in [0.25, 0.3) is 0 Å². The second-order valence-corrected chi connectivity index (χ2v) is 8.77. The highest BCUT2D eigenvalue weighted by atomic mass is 15.2. The molecule has 0 amide bonds. The molecule has 2 atom stereocenters. The smallest absolute Gasteiger partial charge is 0.0198 e. The van der Waals surface area contributed by atoms with Gasteiger partial charge in [0.15, 0.2) is 0 Å². The second kappa shape index (κ2) is 6.79. The van der Waals surface area contributed by atoms with Crippen LogP contribution in [0.4, 0.5) is 0 Å². The fourth-order valence-electron chi connectivity index (χ4n) is 3.82. The van der Waals surface area contributed by atoms with Crippen LogP contribution in [-0.2, 0) is 0 Å². The van der Waals surface area contributed by atoms with Crippen LogP contribution in [0.1, 0.15) is 66.7 Å². The van der Waals surface area contributed by atoms with Crippen LogP contribution in [0.5, 0.6) is 0 Å². The molecular weight excluding hydrogens is 244 g/mol. The van der Waals surface area contributed by atoms with Gasteiger partial charge in [0.05, 0.1) is 0 Å². The normalized spacial score (nSPS) is 30.3. The maximum Gasteiger partial charge on any atom is 0.0198 e. The van der Waals surface area contributed by atoms with Crippen molar-refractivity contribution in [2.45, 2.75) is 78.8 Å². The lowest BCUT2D eigenvalue weighted by Gasteiger charge is -2.43. The minimum Gasteiger partial charge on any atom is -0.312 e. The van der Waals surface area contributed by atoms with Crippen molar-refractivity contribution in [2.75, 3.05) is 19.6 Å². The average Bonchev–Trinajstić information content (AvgIpc) is 2.89. The maximum absolute atomic E-state index is 3.86. The third-order valence-electron chi connectivity index (χ3n) is 5.22. The largest absolute Gasteiger partial charge is 0.312 e. The summed E-state index contributed by atoms with van der Waals surface area (Å²) in [7, 11) is 0. The fourth-order valence-corrected chi connectivity index (χ4v) is 3.82. The van der Waals surface area contributed by atoms with E-state index < -0.39 is 0 Å². The monoisotopic (exact) mass is 280 g/mol. The molecule has 0 aromatic rings. The molecule has 2 unspecified atom stereocenters. The molecule has 20 heavy (non-hydrogen) atoms. The van der Waals surface area contributed by atoms with Crippen LogP contribution < -0.4 is 5.32 Å². The van der Waals surface area contributed by atoms with Gasteiger partial charge < -0.3 is 5.32 Å². The predicted molar refractivity (Wildman–Crippen MR) is 88.0 cm³/mol. The molecule has 2 fully saturated rings. The number of hydrogen-bond acceptors (Lipinski definition) is 2. The Balaban J connectivity index is 1.93. The van der Waals surface area contributed by atoms with E-state index in [9.17, 15) is 0 Å². The summed E-state index contributed by atoms with van der Waals surface area (Å²) >= 11 is 0. The van der Waals surface area contributed by atoms with E-state index in [0.29, 0.717) is 11.5 Å². The van der Waals surface area contributed by atoms with Gasteiger partial charge in [0, 0.05) is 31.7 Å². The standard InChI is InChI=1S/C18H36N2/c1-14(2)15-10-16(19-13-18(3,4)5)12-20(11-15)17-8-6-7-9-17/h14-17,19H,6-13H2,1-5H3. The van der Waals surface area contributed by atoms with E-state index in [1.54, 1.807) is 0 Å². The molecule has 1 heterocycles. The zero-order valence-electron chi connectivity index (χ0n) is 14.4. The summed E-state index contributed by atoms with van der Waals surface area (Å²) in [4.78, 5) is 2.82. The van der Waals surface area contributed by atoms with E-state index in [1.165, 1.54) is 45.2 Å². The van der Waals surface area contributed by atoms with Gasteiger partial charge in [-0.3, -0.25) is 4.90 Å². The third-order valence-corrected chi connectivity index (χ3v) is 5.22.